The second kappa shape index (κ2) is 9.87. The number of hydrogen-bond donors (Lipinski definition) is 1. The van der Waals surface area contributed by atoms with Crippen LogP contribution in [-0.4, -0.2) is 47.7 Å². The Labute approximate surface area is 177 Å². The van der Waals surface area contributed by atoms with E-state index in [2.05, 4.69) is 24.1 Å². The second-order valence-electron chi connectivity index (χ2n) is 8.08. The summed E-state index contributed by atoms with van der Waals surface area (Å²) in [7, 11) is 0. The lowest BCUT2D eigenvalue weighted by atomic mass is 10.0. The van der Waals surface area contributed by atoms with Crippen LogP contribution in [0.15, 0.2) is 18.2 Å². The summed E-state index contributed by atoms with van der Waals surface area (Å²) in [6, 6.07) is 4.46. The minimum atomic E-state index is -0.927. The maximum atomic E-state index is 13.1. The van der Waals surface area contributed by atoms with Crippen LogP contribution in [0.25, 0.3) is 0 Å². The first-order valence-electron chi connectivity index (χ1n) is 11.1. The van der Waals surface area contributed by atoms with Crippen molar-refractivity contribution in [3.8, 4) is 0 Å². The number of anilines is 1. The van der Waals surface area contributed by atoms with Gasteiger partial charge < -0.3 is 4.90 Å². The highest BCUT2D eigenvalue weighted by molar-refractivity contribution is 6.23. The molecule has 1 atom stereocenters. The molecule has 0 aromatic heterocycles. The van der Waals surface area contributed by atoms with E-state index in [4.69, 9.17) is 0 Å². The number of benzene rings is 1. The van der Waals surface area contributed by atoms with E-state index in [9.17, 15) is 19.2 Å². The number of carbonyl (C=O) groups excluding carboxylic acids is 4. The van der Waals surface area contributed by atoms with Crippen molar-refractivity contribution in [3.63, 3.8) is 0 Å². The highest BCUT2D eigenvalue weighted by atomic mass is 16.2. The van der Waals surface area contributed by atoms with Gasteiger partial charge in [-0.1, -0.05) is 39.5 Å². The number of imide groups is 2. The summed E-state index contributed by atoms with van der Waals surface area (Å²) in [5.74, 6) is -1.86. The summed E-state index contributed by atoms with van der Waals surface area (Å²) < 4.78 is 0. The van der Waals surface area contributed by atoms with Gasteiger partial charge in [-0.05, 0) is 37.5 Å². The van der Waals surface area contributed by atoms with Gasteiger partial charge in [0.2, 0.25) is 11.8 Å². The van der Waals surface area contributed by atoms with Crippen LogP contribution in [0.5, 0.6) is 0 Å². The molecule has 2 heterocycles. The fraction of sp³-hybridized carbons (Fsp3) is 0.565. The molecule has 7 heteroatoms. The van der Waals surface area contributed by atoms with Crippen LogP contribution in [-0.2, 0) is 9.59 Å². The first-order chi connectivity index (χ1) is 14.5. The average Bonchev–Trinajstić information content (AvgIpc) is 2.97. The number of carbonyl (C=O) groups is 4. The van der Waals surface area contributed by atoms with Gasteiger partial charge in [-0.3, -0.25) is 29.4 Å². The van der Waals surface area contributed by atoms with Crippen LogP contribution in [0, 0.1) is 0 Å². The van der Waals surface area contributed by atoms with E-state index < -0.39 is 23.8 Å². The van der Waals surface area contributed by atoms with Gasteiger partial charge in [0.15, 0.2) is 0 Å². The molecule has 4 amide bonds. The van der Waals surface area contributed by atoms with Crippen molar-refractivity contribution in [1.29, 1.82) is 0 Å². The van der Waals surface area contributed by atoms with Gasteiger partial charge >= 0.3 is 0 Å². The number of rotatable bonds is 10. The Kier molecular flexibility index (Phi) is 7.24. The summed E-state index contributed by atoms with van der Waals surface area (Å²) in [4.78, 5) is 52.9. The third-order valence-electron chi connectivity index (χ3n) is 5.85. The number of piperidine rings is 1. The van der Waals surface area contributed by atoms with Crippen LogP contribution in [0.4, 0.5) is 5.69 Å². The molecule has 1 N–H and O–H groups in total. The van der Waals surface area contributed by atoms with Crippen molar-refractivity contribution in [2.45, 2.75) is 71.3 Å². The van der Waals surface area contributed by atoms with E-state index in [-0.39, 0.29) is 18.7 Å². The minimum Gasteiger partial charge on any atom is -0.372 e. The molecular weight excluding hydrogens is 382 g/mol. The van der Waals surface area contributed by atoms with E-state index >= 15 is 0 Å². The molecule has 2 aliphatic heterocycles. The predicted molar refractivity (Wildman–Crippen MR) is 114 cm³/mol. The third-order valence-corrected chi connectivity index (χ3v) is 5.85. The van der Waals surface area contributed by atoms with Crippen LogP contribution < -0.4 is 10.2 Å². The first kappa shape index (κ1) is 22.0. The van der Waals surface area contributed by atoms with Gasteiger partial charge in [0.25, 0.3) is 11.8 Å². The molecule has 0 aliphatic carbocycles. The third kappa shape index (κ3) is 4.55. The molecule has 30 heavy (non-hydrogen) atoms. The Balaban J connectivity index is 1.82. The zero-order valence-electron chi connectivity index (χ0n) is 17.9. The Hall–Kier alpha value is -2.70. The zero-order chi connectivity index (χ0) is 21.7. The fourth-order valence-corrected chi connectivity index (χ4v) is 4.13. The van der Waals surface area contributed by atoms with Crippen LogP contribution in [0.1, 0.15) is 85.9 Å². The molecule has 0 bridgehead atoms. The topological polar surface area (TPSA) is 86.8 Å². The Morgan fingerprint density at radius 3 is 2.17 bits per heavy atom. The van der Waals surface area contributed by atoms with E-state index in [0.717, 1.165) is 62.2 Å². The summed E-state index contributed by atoms with van der Waals surface area (Å²) >= 11 is 0. The molecule has 2 aliphatic rings. The molecule has 7 nitrogen and oxygen atoms in total. The molecule has 1 unspecified atom stereocenters. The monoisotopic (exact) mass is 413 g/mol. The minimum absolute atomic E-state index is 0.123. The lowest BCUT2D eigenvalue weighted by Crippen LogP contribution is -2.54. The standard InChI is InChI=1S/C23H31N3O4/c1-3-5-7-13-25(14-8-6-4-2)16-9-10-17-18(15-16)23(30)26(22(17)29)19-11-12-20(27)24-21(19)28/h9-10,15,19H,3-8,11-14H2,1-2H3,(H,24,27,28). The summed E-state index contributed by atoms with van der Waals surface area (Å²) in [6.07, 6.45) is 7.03. The van der Waals surface area contributed by atoms with E-state index in [1.807, 2.05) is 6.07 Å². The maximum Gasteiger partial charge on any atom is 0.262 e. The molecule has 1 fully saturated rings. The zero-order valence-corrected chi connectivity index (χ0v) is 17.9. The average molecular weight is 414 g/mol. The quantitative estimate of drug-likeness (QED) is 0.470. The fourth-order valence-electron chi connectivity index (χ4n) is 4.13. The number of unbranched alkanes of at least 4 members (excludes halogenated alkanes) is 4. The Morgan fingerprint density at radius 1 is 0.933 bits per heavy atom. The van der Waals surface area contributed by atoms with Gasteiger partial charge in [-0.2, -0.15) is 0 Å². The molecule has 1 saturated heterocycles. The first-order valence-corrected chi connectivity index (χ1v) is 11.1. The maximum absolute atomic E-state index is 13.1. The number of nitrogens with zero attached hydrogens (tertiary/aromatic N) is 2. The van der Waals surface area contributed by atoms with Crippen molar-refractivity contribution in [1.82, 2.24) is 10.2 Å². The lowest BCUT2D eigenvalue weighted by molar-refractivity contribution is -0.136. The van der Waals surface area contributed by atoms with Crippen LogP contribution in [0.2, 0.25) is 0 Å². The number of fused-ring (bicyclic) bond motifs is 1. The van der Waals surface area contributed by atoms with Gasteiger partial charge in [-0.25, -0.2) is 0 Å². The van der Waals surface area contributed by atoms with Crippen LogP contribution in [0.3, 0.4) is 0 Å². The highest BCUT2D eigenvalue weighted by Gasteiger charge is 2.44. The van der Waals surface area contributed by atoms with Crippen molar-refractivity contribution < 1.29 is 19.2 Å². The van der Waals surface area contributed by atoms with Crippen LogP contribution >= 0.6 is 0 Å². The smallest absolute Gasteiger partial charge is 0.262 e. The van der Waals surface area contributed by atoms with Gasteiger partial charge in [0.05, 0.1) is 11.1 Å². The van der Waals surface area contributed by atoms with Gasteiger partial charge in [-0.15, -0.1) is 0 Å². The van der Waals surface area contributed by atoms with E-state index in [1.165, 1.54) is 0 Å². The molecule has 0 radical (unpaired) electrons. The van der Waals surface area contributed by atoms with E-state index in [0.29, 0.717) is 11.1 Å². The van der Waals surface area contributed by atoms with Crippen molar-refractivity contribution >= 4 is 29.3 Å². The molecule has 162 valence electrons. The van der Waals surface area contributed by atoms with Crippen molar-refractivity contribution in [3.05, 3.63) is 29.3 Å². The molecule has 0 saturated carbocycles. The predicted octanol–water partition coefficient (Wildman–Crippen LogP) is 3.27. The summed E-state index contributed by atoms with van der Waals surface area (Å²) in [5.41, 5.74) is 1.61. The molecule has 1 aromatic rings. The largest absolute Gasteiger partial charge is 0.372 e. The van der Waals surface area contributed by atoms with Gasteiger partial charge in [0.1, 0.15) is 6.04 Å². The Morgan fingerprint density at radius 2 is 1.57 bits per heavy atom. The molecule has 0 spiro atoms. The number of nitrogens with one attached hydrogen (secondary N) is 1. The Bertz CT molecular complexity index is 826. The number of hydrogen-bond acceptors (Lipinski definition) is 5. The van der Waals surface area contributed by atoms with E-state index in [1.54, 1.807) is 12.1 Å². The molecular formula is C23H31N3O4. The van der Waals surface area contributed by atoms with Crippen molar-refractivity contribution in [2.24, 2.45) is 0 Å². The number of amides is 4. The SMILES string of the molecule is CCCCCN(CCCCC)c1ccc2c(c1)C(=O)N(C1CCC(=O)NC1=O)C2=O. The normalized spacial score (nSPS) is 18.6. The van der Waals surface area contributed by atoms with Gasteiger partial charge in [0, 0.05) is 25.2 Å². The molecule has 3 rings (SSSR count). The van der Waals surface area contributed by atoms with Crippen molar-refractivity contribution in [2.75, 3.05) is 18.0 Å². The highest BCUT2D eigenvalue weighted by Crippen LogP contribution is 2.31. The molecule has 1 aromatic carbocycles. The second-order valence-corrected chi connectivity index (χ2v) is 8.08. The summed E-state index contributed by atoms with van der Waals surface area (Å²) in [6.45, 7) is 6.17. The summed E-state index contributed by atoms with van der Waals surface area (Å²) in [5, 5.41) is 2.23. The lowest BCUT2D eigenvalue weighted by Gasteiger charge is -2.27.